The monoisotopic (exact) mass is 279 g/mol. The highest BCUT2D eigenvalue weighted by molar-refractivity contribution is 5.74. The third-order valence-corrected chi connectivity index (χ3v) is 6.01. The first-order valence-electron chi connectivity index (χ1n) is 8.38. The molecule has 3 aliphatic rings. The van der Waals surface area contributed by atoms with Crippen LogP contribution < -0.4 is 10.6 Å². The highest BCUT2D eigenvalue weighted by Gasteiger charge is 2.41. The molecule has 2 saturated heterocycles. The van der Waals surface area contributed by atoms with Crippen LogP contribution in [0.1, 0.15) is 58.3 Å². The van der Waals surface area contributed by atoms with E-state index in [1.807, 2.05) is 0 Å². The molecule has 2 aliphatic heterocycles. The number of hydrogen-bond donors (Lipinski definition) is 2. The lowest BCUT2D eigenvalue weighted by atomic mass is 9.82. The van der Waals surface area contributed by atoms with E-state index in [1.165, 1.54) is 38.5 Å². The first-order valence-corrected chi connectivity index (χ1v) is 8.38. The third-order valence-electron chi connectivity index (χ3n) is 6.01. The zero-order chi connectivity index (χ0) is 14.2. The number of nitrogens with one attached hydrogen (secondary N) is 2. The largest absolute Gasteiger partial charge is 0.338 e. The van der Waals surface area contributed by atoms with Gasteiger partial charge in [-0.05, 0) is 57.4 Å². The number of fused-ring (bicyclic) bond motifs is 2. The normalized spacial score (nSPS) is 35.4. The smallest absolute Gasteiger partial charge is 0.315 e. The van der Waals surface area contributed by atoms with E-state index < -0.39 is 0 Å². The molecule has 3 atom stereocenters. The fraction of sp³-hybridized carbons (Fsp3) is 0.938. The Morgan fingerprint density at radius 3 is 2.45 bits per heavy atom. The predicted octanol–water partition coefficient (Wildman–Crippen LogP) is 2.49. The van der Waals surface area contributed by atoms with Gasteiger partial charge in [-0.2, -0.15) is 0 Å². The van der Waals surface area contributed by atoms with E-state index in [-0.39, 0.29) is 6.03 Å². The van der Waals surface area contributed by atoms with E-state index in [1.54, 1.807) is 0 Å². The molecule has 1 unspecified atom stereocenters. The maximum atomic E-state index is 12.1. The van der Waals surface area contributed by atoms with Gasteiger partial charge in [-0.1, -0.05) is 13.3 Å². The Kier molecular flexibility index (Phi) is 3.93. The number of rotatable bonds is 4. The summed E-state index contributed by atoms with van der Waals surface area (Å²) >= 11 is 0. The molecule has 0 aromatic heterocycles. The summed E-state index contributed by atoms with van der Waals surface area (Å²) in [6.45, 7) is 3.08. The molecule has 1 saturated carbocycles. The molecule has 3 rings (SSSR count). The van der Waals surface area contributed by atoms with Crippen molar-refractivity contribution >= 4 is 6.03 Å². The Hall–Kier alpha value is -0.770. The zero-order valence-electron chi connectivity index (χ0n) is 13.0. The molecule has 2 amide bonds. The van der Waals surface area contributed by atoms with Gasteiger partial charge in [-0.3, -0.25) is 0 Å². The molecule has 2 bridgehead atoms. The average Bonchev–Trinajstić information content (AvgIpc) is 3.18. The number of carbonyl (C=O) groups is 1. The van der Waals surface area contributed by atoms with E-state index in [0.29, 0.717) is 23.5 Å². The summed E-state index contributed by atoms with van der Waals surface area (Å²) in [6.07, 6.45) is 9.95. The van der Waals surface area contributed by atoms with Crippen LogP contribution in [0.25, 0.3) is 0 Å². The Labute approximate surface area is 122 Å². The second-order valence-corrected chi connectivity index (χ2v) is 7.25. The van der Waals surface area contributed by atoms with Crippen molar-refractivity contribution in [2.45, 2.75) is 76.4 Å². The van der Waals surface area contributed by atoms with Crippen molar-refractivity contribution in [3.05, 3.63) is 0 Å². The summed E-state index contributed by atoms with van der Waals surface area (Å²) in [5.41, 5.74) is 0.431. The third kappa shape index (κ3) is 2.95. The maximum absolute atomic E-state index is 12.1. The lowest BCUT2D eigenvalue weighted by Crippen LogP contribution is -2.56. The van der Waals surface area contributed by atoms with Gasteiger partial charge in [0.1, 0.15) is 0 Å². The van der Waals surface area contributed by atoms with E-state index in [4.69, 9.17) is 0 Å². The molecule has 1 aliphatic carbocycles. The molecule has 114 valence electrons. The van der Waals surface area contributed by atoms with Crippen molar-refractivity contribution in [2.24, 2.45) is 5.41 Å². The standard InChI is InChI=1S/C16H29N3O/c1-3-16(7-8-16)11-17-15(20)18-12-9-13-5-4-6-14(10-12)19(13)2/h12-14H,3-11H2,1-2H3,(H2,17,18,20)/t12?,13-,14+. The second-order valence-electron chi connectivity index (χ2n) is 7.25. The summed E-state index contributed by atoms with van der Waals surface area (Å²) in [5, 5.41) is 6.31. The van der Waals surface area contributed by atoms with Gasteiger partial charge < -0.3 is 15.5 Å². The van der Waals surface area contributed by atoms with Crippen molar-refractivity contribution in [3.8, 4) is 0 Å². The molecule has 20 heavy (non-hydrogen) atoms. The van der Waals surface area contributed by atoms with Gasteiger partial charge in [0.2, 0.25) is 0 Å². The number of nitrogens with zero attached hydrogens (tertiary/aromatic N) is 1. The fourth-order valence-electron chi connectivity index (χ4n) is 4.07. The van der Waals surface area contributed by atoms with Gasteiger partial charge in [-0.15, -0.1) is 0 Å². The fourth-order valence-corrected chi connectivity index (χ4v) is 4.07. The SMILES string of the molecule is CCC1(CNC(=O)NC2C[C@H]3CCC[C@@H](C2)N3C)CC1. The van der Waals surface area contributed by atoms with Crippen molar-refractivity contribution < 1.29 is 4.79 Å². The van der Waals surface area contributed by atoms with Crippen LogP contribution in [0.15, 0.2) is 0 Å². The maximum Gasteiger partial charge on any atom is 0.315 e. The second kappa shape index (κ2) is 5.55. The number of hydrogen-bond acceptors (Lipinski definition) is 2. The summed E-state index contributed by atoms with van der Waals surface area (Å²) in [4.78, 5) is 14.6. The highest BCUT2D eigenvalue weighted by Crippen LogP contribution is 2.47. The van der Waals surface area contributed by atoms with Crippen LogP contribution >= 0.6 is 0 Å². The van der Waals surface area contributed by atoms with E-state index in [2.05, 4.69) is 29.5 Å². The molecule has 4 nitrogen and oxygen atoms in total. The molecule has 0 aromatic carbocycles. The summed E-state index contributed by atoms with van der Waals surface area (Å²) in [6, 6.07) is 1.78. The van der Waals surface area contributed by atoms with Crippen LogP contribution in [-0.2, 0) is 0 Å². The topological polar surface area (TPSA) is 44.4 Å². The lowest BCUT2D eigenvalue weighted by molar-refractivity contribution is 0.0508. The van der Waals surface area contributed by atoms with Crippen LogP contribution in [0.2, 0.25) is 0 Å². The first-order chi connectivity index (χ1) is 9.62. The van der Waals surface area contributed by atoms with Crippen LogP contribution in [0.5, 0.6) is 0 Å². The Bertz CT molecular complexity index is 353. The van der Waals surface area contributed by atoms with Crippen LogP contribution in [-0.4, -0.2) is 42.6 Å². The zero-order valence-corrected chi connectivity index (χ0v) is 13.0. The summed E-state index contributed by atoms with van der Waals surface area (Å²) < 4.78 is 0. The molecular formula is C16H29N3O. The average molecular weight is 279 g/mol. The van der Waals surface area contributed by atoms with Gasteiger partial charge in [0, 0.05) is 24.7 Å². The lowest BCUT2D eigenvalue weighted by Gasteiger charge is -2.47. The van der Waals surface area contributed by atoms with Gasteiger partial charge >= 0.3 is 6.03 Å². The van der Waals surface area contributed by atoms with E-state index in [9.17, 15) is 4.79 Å². The first kappa shape index (κ1) is 14.2. The van der Waals surface area contributed by atoms with Crippen molar-refractivity contribution in [3.63, 3.8) is 0 Å². The van der Waals surface area contributed by atoms with Crippen LogP contribution in [0.4, 0.5) is 4.79 Å². The Balaban J connectivity index is 1.45. The quantitative estimate of drug-likeness (QED) is 0.830. The Morgan fingerprint density at radius 2 is 1.90 bits per heavy atom. The summed E-state index contributed by atoms with van der Waals surface area (Å²) in [5.74, 6) is 0. The van der Waals surface area contributed by atoms with Gasteiger partial charge in [0.05, 0.1) is 0 Å². The number of amides is 2. The van der Waals surface area contributed by atoms with Gasteiger partial charge in [0.25, 0.3) is 0 Å². The van der Waals surface area contributed by atoms with Crippen molar-refractivity contribution in [2.75, 3.05) is 13.6 Å². The molecule has 2 heterocycles. The minimum absolute atomic E-state index is 0.0531. The molecular weight excluding hydrogens is 250 g/mol. The van der Waals surface area contributed by atoms with Gasteiger partial charge in [-0.25, -0.2) is 4.79 Å². The highest BCUT2D eigenvalue weighted by atomic mass is 16.2. The van der Waals surface area contributed by atoms with Crippen molar-refractivity contribution in [1.82, 2.24) is 15.5 Å². The minimum atomic E-state index is 0.0531. The number of urea groups is 1. The number of piperidine rings is 2. The summed E-state index contributed by atoms with van der Waals surface area (Å²) in [7, 11) is 2.25. The molecule has 4 heteroatoms. The van der Waals surface area contributed by atoms with E-state index in [0.717, 1.165) is 19.4 Å². The van der Waals surface area contributed by atoms with E-state index >= 15 is 0 Å². The molecule has 0 spiro atoms. The Morgan fingerprint density at radius 1 is 1.25 bits per heavy atom. The molecule has 0 radical (unpaired) electrons. The molecule has 2 N–H and O–H groups in total. The van der Waals surface area contributed by atoms with Crippen LogP contribution in [0.3, 0.4) is 0 Å². The minimum Gasteiger partial charge on any atom is -0.338 e. The van der Waals surface area contributed by atoms with Crippen molar-refractivity contribution in [1.29, 1.82) is 0 Å². The molecule has 3 fully saturated rings. The van der Waals surface area contributed by atoms with Gasteiger partial charge in [0.15, 0.2) is 0 Å². The predicted molar refractivity (Wildman–Crippen MR) is 80.7 cm³/mol. The van der Waals surface area contributed by atoms with Crippen LogP contribution in [0, 0.1) is 5.41 Å². The number of carbonyl (C=O) groups excluding carboxylic acids is 1. The molecule has 0 aromatic rings.